The molecule has 0 saturated carbocycles. The zero-order valence-corrected chi connectivity index (χ0v) is 7.35. The first-order chi connectivity index (χ1) is 6.45. The van der Waals surface area contributed by atoms with E-state index in [1.807, 2.05) is 12.1 Å². The van der Waals surface area contributed by atoms with Crippen LogP contribution in [0.1, 0.15) is 11.1 Å². The Hall–Kier alpha value is 0.0114. The number of benzene rings is 2. The first-order valence-corrected chi connectivity index (χ1v) is 4.40. The van der Waals surface area contributed by atoms with Gasteiger partial charge in [-0.15, -0.1) is 0 Å². The molecule has 2 rings (SSSR count). The first kappa shape index (κ1) is 12.1. The molecule has 0 aliphatic rings. The van der Waals surface area contributed by atoms with E-state index < -0.39 is 0 Å². The second kappa shape index (κ2) is 6.49. The fourth-order valence-corrected chi connectivity index (χ4v) is 1.29. The Labute approximate surface area is 125 Å². The predicted octanol–water partition coefficient (Wildman–Crippen LogP) is 2.37. The molecule has 2 aromatic carbocycles. The molecule has 0 spiro atoms. The van der Waals surface area contributed by atoms with Crippen LogP contribution in [0.25, 0.3) is 0 Å². The molecule has 0 nitrogen and oxygen atoms in total. The van der Waals surface area contributed by atoms with E-state index in [1.54, 1.807) is 0 Å². The normalized spacial score (nSPS) is 9.14. The van der Waals surface area contributed by atoms with Gasteiger partial charge in [-0.3, -0.25) is 0 Å². The molecule has 0 heterocycles. The number of hydrogen-bond donors (Lipinski definition) is 0. The van der Waals surface area contributed by atoms with Gasteiger partial charge in [0.15, 0.2) is 0 Å². The summed E-state index contributed by atoms with van der Waals surface area (Å²) >= 11 is 0. The number of hydrogen-bond acceptors (Lipinski definition) is 0. The average molecular weight is 307 g/mol. The maximum absolute atomic E-state index is 2.17. The molecule has 0 atom stereocenters. The summed E-state index contributed by atoms with van der Waals surface area (Å²) in [7, 11) is 0. The largest absolute Gasteiger partial charge is 0.0622 e. The van der Waals surface area contributed by atoms with Crippen molar-refractivity contribution in [2.24, 2.45) is 0 Å². The summed E-state index contributed by atoms with van der Waals surface area (Å²) in [4.78, 5) is 0. The summed E-state index contributed by atoms with van der Waals surface area (Å²) in [5, 5.41) is 0. The Morgan fingerprint density at radius 3 is 1.29 bits per heavy atom. The fraction of sp³-hybridized carbons (Fsp3) is 0. The van der Waals surface area contributed by atoms with E-state index in [4.69, 9.17) is 0 Å². The van der Waals surface area contributed by atoms with Gasteiger partial charge in [-0.25, -0.2) is 0 Å². The average Bonchev–Trinajstić information content (AvgIpc) is 2.21. The Morgan fingerprint density at radius 1 is 0.571 bits per heavy atom. The Morgan fingerprint density at radius 2 is 0.929 bits per heavy atom. The molecule has 1 heteroatoms. The van der Waals surface area contributed by atoms with Gasteiger partial charge in [0, 0.05) is 6.42 Å². The second-order valence-corrected chi connectivity index (χ2v) is 2.97. The van der Waals surface area contributed by atoms with Gasteiger partial charge in [-0.2, -0.15) is 0 Å². The summed E-state index contributed by atoms with van der Waals surface area (Å²) in [6.07, 6.45) is 2.17. The van der Waals surface area contributed by atoms with E-state index in [-0.39, 0.29) is 48.9 Å². The van der Waals surface area contributed by atoms with Crippen LogP contribution in [0.4, 0.5) is 0 Å². The van der Waals surface area contributed by atoms with Crippen molar-refractivity contribution in [3.05, 3.63) is 78.2 Å². The molecule has 67 valence electrons. The quantitative estimate of drug-likeness (QED) is 0.747. The van der Waals surface area contributed by atoms with Crippen molar-refractivity contribution < 1.29 is 0 Å². The number of rotatable bonds is 2. The van der Waals surface area contributed by atoms with Crippen LogP contribution in [0.3, 0.4) is 0 Å². The predicted molar refractivity (Wildman–Crippen MR) is 63.9 cm³/mol. The standard InChI is InChI=1S/C13H11.Ba.2H/c1-3-7-12(8-4-1)11-13-9-5-2-6-10-13;;;/h1-11H;;;. The van der Waals surface area contributed by atoms with E-state index in [2.05, 4.69) is 55.0 Å². The summed E-state index contributed by atoms with van der Waals surface area (Å²) in [6.45, 7) is 0. The van der Waals surface area contributed by atoms with E-state index in [9.17, 15) is 0 Å². The van der Waals surface area contributed by atoms with Crippen molar-refractivity contribution in [3.8, 4) is 0 Å². The van der Waals surface area contributed by atoms with Crippen molar-refractivity contribution >= 4 is 48.9 Å². The topological polar surface area (TPSA) is 0 Å². The van der Waals surface area contributed by atoms with Crippen LogP contribution in [0.2, 0.25) is 0 Å². The minimum Gasteiger partial charge on any atom is -0.0622 e. The van der Waals surface area contributed by atoms with Gasteiger partial charge in [0.25, 0.3) is 0 Å². The van der Waals surface area contributed by atoms with Crippen LogP contribution in [0.5, 0.6) is 0 Å². The van der Waals surface area contributed by atoms with Crippen LogP contribution in [-0.2, 0) is 0 Å². The SMILES string of the molecule is [BaH2].[CH](c1ccccc1)c1ccccc1. The van der Waals surface area contributed by atoms with Gasteiger partial charge in [0.1, 0.15) is 0 Å². The monoisotopic (exact) mass is 307 g/mol. The maximum atomic E-state index is 2.17. The van der Waals surface area contributed by atoms with Crippen LogP contribution < -0.4 is 0 Å². The molecule has 0 unspecified atom stereocenters. The molecule has 0 aliphatic carbocycles. The fourth-order valence-electron chi connectivity index (χ4n) is 1.29. The van der Waals surface area contributed by atoms with Gasteiger partial charge in [0.2, 0.25) is 0 Å². The van der Waals surface area contributed by atoms with Crippen LogP contribution in [0, 0.1) is 6.42 Å². The first-order valence-electron chi connectivity index (χ1n) is 4.40. The molecule has 0 fully saturated rings. The molecule has 14 heavy (non-hydrogen) atoms. The minimum atomic E-state index is 0. The van der Waals surface area contributed by atoms with Crippen molar-refractivity contribution in [2.45, 2.75) is 0 Å². The van der Waals surface area contributed by atoms with E-state index in [0.29, 0.717) is 0 Å². The molecule has 0 saturated heterocycles. The minimum absolute atomic E-state index is 0. The molecule has 1 radical (unpaired) electrons. The molecule has 2 aromatic rings. The third-order valence-electron chi connectivity index (χ3n) is 1.93. The van der Waals surface area contributed by atoms with Crippen molar-refractivity contribution in [3.63, 3.8) is 0 Å². The Balaban J connectivity index is 0.000000980. The smallest absolute Gasteiger partial charge is 0.0199 e. The van der Waals surface area contributed by atoms with Crippen LogP contribution >= 0.6 is 0 Å². The zero-order valence-electron chi connectivity index (χ0n) is 7.35. The van der Waals surface area contributed by atoms with Gasteiger partial charge >= 0.3 is 48.9 Å². The third-order valence-corrected chi connectivity index (χ3v) is 1.93. The zero-order chi connectivity index (χ0) is 8.93. The van der Waals surface area contributed by atoms with E-state index in [1.165, 1.54) is 11.1 Å². The third kappa shape index (κ3) is 3.64. The molecule has 0 bridgehead atoms. The summed E-state index contributed by atoms with van der Waals surface area (Å²) in [6, 6.07) is 20.7. The molecule has 0 aliphatic heterocycles. The molecule has 0 aromatic heterocycles. The summed E-state index contributed by atoms with van der Waals surface area (Å²) in [5.41, 5.74) is 2.49. The van der Waals surface area contributed by atoms with E-state index >= 15 is 0 Å². The summed E-state index contributed by atoms with van der Waals surface area (Å²) in [5.74, 6) is 0. The summed E-state index contributed by atoms with van der Waals surface area (Å²) < 4.78 is 0. The van der Waals surface area contributed by atoms with Gasteiger partial charge in [0.05, 0.1) is 0 Å². The second-order valence-electron chi connectivity index (χ2n) is 2.97. The van der Waals surface area contributed by atoms with Crippen molar-refractivity contribution in [1.29, 1.82) is 0 Å². The van der Waals surface area contributed by atoms with Gasteiger partial charge < -0.3 is 0 Å². The molecular weight excluding hydrogens is 293 g/mol. The van der Waals surface area contributed by atoms with Crippen LogP contribution in [-0.4, -0.2) is 48.9 Å². The molecule has 0 amide bonds. The Kier molecular flexibility index (Phi) is 5.60. The van der Waals surface area contributed by atoms with Gasteiger partial charge in [-0.1, -0.05) is 60.7 Å². The molecular formula is C13H13Ba. The van der Waals surface area contributed by atoms with Crippen LogP contribution in [0.15, 0.2) is 60.7 Å². The Bertz CT molecular complexity index is 316. The van der Waals surface area contributed by atoms with Gasteiger partial charge in [-0.05, 0) is 11.1 Å². The molecule has 0 N–H and O–H groups in total. The maximum Gasteiger partial charge on any atom is 0.0199 e. The van der Waals surface area contributed by atoms with E-state index in [0.717, 1.165) is 0 Å². The van der Waals surface area contributed by atoms with Crippen molar-refractivity contribution in [2.75, 3.05) is 0 Å². The van der Waals surface area contributed by atoms with Crippen molar-refractivity contribution in [1.82, 2.24) is 0 Å².